The van der Waals surface area contributed by atoms with Crippen LogP contribution < -0.4 is 10.7 Å². The average molecular weight is 268 g/mol. The van der Waals surface area contributed by atoms with Gasteiger partial charge in [-0.3, -0.25) is 5.43 Å². The van der Waals surface area contributed by atoms with Crippen LogP contribution in [-0.2, 0) is 0 Å². The number of benzene rings is 1. The van der Waals surface area contributed by atoms with Crippen molar-refractivity contribution in [1.82, 2.24) is 20.7 Å². The summed E-state index contributed by atoms with van der Waals surface area (Å²) in [6, 6.07) is 8.15. The van der Waals surface area contributed by atoms with Crippen molar-refractivity contribution in [3.05, 3.63) is 35.6 Å². The van der Waals surface area contributed by atoms with Crippen LogP contribution in [0.4, 0.5) is 5.69 Å². The number of aliphatic imine (C=N–C) groups is 2. The van der Waals surface area contributed by atoms with Gasteiger partial charge in [0.1, 0.15) is 6.34 Å². The number of piperazine rings is 1. The van der Waals surface area contributed by atoms with E-state index in [4.69, 9.17) is 4.99 Å². The maximum Gasteiger partial charge on any atom is 0.227 e. The SMILES string of the molecule is C1=NC2=Cc3ccccc3N=C(N3CCNCC3)N2N1. The van der Waals surface area contributed by atoms with E-state index in [2.05, 4.69) is 32.8 Å². The maximum absolute atomic E-state index is 4.85. The van der Waals surface area contributed by atoms with Crippen LogP contribution in [0.3, 0.4) is 0 Å². The van der Waals surface area contributed by atoms with Crippen molar-refractivity contribution < 1.29 is 0 Å². The molecule has 20 heavy (non-hydrogen) atoms. The molecular formula is C14H16N6. The second kappa shape index (κ2) is 4.64. The molecule has 0 saturated carbocycles. The van der Waals surface area contributed by atoms with Crippen molar-refractivity contribution in [3.63, 3.8) is 0 Å². The summed E-state index contributed by atoms with van der Waals surface area (Å²) in [5.74, 6) is 1.80. The smallest absolute Gasteiger partial charge is 0.227 e. The van der Waals surface area contributed by atoms with Gasteiger partial charge < -0.3 is 10.2 Å². The maximum atomic E-state index is 4.85. The number of para-hydroxylation sites is 1. The van der Waals surface area contributed by atoms with E-state index in [0.717, 1.165) is 49.2 Å². The fourth-order valence-electron chi connectivity index (χ4n) is 2.62. The van der Waals surface area contributed by atoms with Gasteiger partial charge in [0.15, 0.2) is 5.82 Å². The molecule has 0 spiro atoms. The summed E-state index contributed by atoms with van der Waals surface area (Å²) >= 11 is 0. The summed E-state index contributed by atoms with van der Waals surface area (Å²) in [6.07, 6.45) is 3.77. The minimum atomic E-state index is 0.882. The molecule has 1 aromatic carbocycles. The van der Waals surface area contributed by atoms with Crippen LogP contribution in [-0.4, -0.2) is 48.4 Å². The van der Waals surface area contributed by atoms with E-state index in [1.165, 1.54) is 0 Å². The van der Waals surface area contributed by atoms with Gasteiger partial charge in [-0.25, -0.2) is 15.0 Å². The Morgan fingerprint density at radius 2 is 1.95 bits per heavy atom. The number of hydrogen-bond acceptors (Lipinski definition) is 6. The van der Waals surface area contributed by atoms with Gasteiger partial charge in [-0.1, -0.05) is 18.2 Å². The van der Waals surface area contributed by atoms with E-state index in [9.17, 15) is 0 Å². The molecular weight excluding hydrogens is 252 g/mol. The van der Waals surface area contributed by atoms with Crippen LogP contribution in [0.5, 0.6) is 0 Å². The predicted molar refractivity (Wildman–Crippen MR) is 79.4 cm³/mol. The largest absolute Gasteiger partial charge is 0.338 e. The van der Waals surface area contributed by atoms with Gasteiger partial charge in [-0.15, -0.1) is 0 Å². The molecule has 2 N–H and O–H groups in total. The van der Waals surface area contributed by atoms with Crippen molar-refractivity contribution in [2.24, 2.45) is 9.98 Å². The van der Waals surface area contributed by atoms with E-state index in [1.807, 2.05) is 23.2 Å². The van der Waals surface area contributed by atoms with Gasteiger partial charge in [0.2, 0.25) is 5.96 Å². The monoisotopic (exact) mass is 268 g/mol. The molecule has 102 valence electrons. The molecule has 3 heterocycles. The Morgan fingerprint density at radius 1 is 1.10 bits per heavy atom. The third-order valence-corrected chi connectivity index (χ3v) is 3.65. The molecule has 1 fully saturated rings. The number of nitrogens with zero attached hydrogens (tertiary/aromatic N) is 4. The summed E-state index contributed by atoms with van der Waals surface area (Å²) in [5.41, 5.74) is 5.24. The quantitative estimate of drug-likeness (QED) is 0.729. The van der Waals surface area contributed by atoms with Crippen molar-refractivity contribution in [2.75, 3.05) is 26.2 Å². The Labute approximate surface area is 117 Å². The second-order valence-corrected chi connectivity index (χ2v) is 4.93. The first-order chi connectivity index (χ1) is 9.92. The fraction of sp³-hybridized carbons (Fsp3) is 0.286. The van der Waals surface area contributed by atoms with Crippen molar-refractivity contribution >= 4 is 24.1 Å². The average Bonchev–Trinajstić information content (AvgIpc) is 2.89. The van der Waals surface area contributed by atoms with Crippen LogP contribution in [0.1, 0.15) is 5.56 Å². The van der Waals surface area contributed by atoms with Gasteiger partial charge in [0.25, 0.3) is 0 Å². The molecule has 0 aromatic heterocycles. The Morgan fingerprint density at radius 3 is 2.85 bits per heavy atom. The molecule has 0 bridgehead atoms. The summed E-state index contributed by atoms with van der Waals surface area (Å²) in [5, 5.41) is 5.32. The minimum absolute atomic E-state index is 0.882. The van der Waals surface area contributed by atoms with Crippen molar-refractivity contribution in [2.45, 2.75) is 0 Å². The lowest BCUT2D eigenvalue weighted by Crippen LogP contribution is -2.53. The van der Waals surface area contributed by atoms with Gasteiger partial charge >= 0.3 is 0 Å². The zero-order valence-corrected chi connectivity index (χ0v) is 11.1. The summed E-state index contributed by atoms with van der Waals surface area (Å²) < 4.78 is 0. The van der Waals surface area contributed by atoms with Crippen molar-refractivity contribution in [3.8, 4) is 0 Å². The molecule has 6 heteroatoms. The normalized spacial score (nSPS) is 20.6. The van der Waals surface area contributed by atoms with Gasteiger partial charge in [0, 0.05) is 31.7 Å². The summed E-state index contributed by atoms with van der Waals surface area (Å²) in [7, 11) is 0. The van der Waals surface area contributed by atoms with Crippen LogP contribution in [0.25, 0.3) is 6.08 Å². The molecule has 0 aliphatic carbocycles. The molecule has 0 amide bonds. The topological polar surface area (TPSA) is 55.3 Å². The molecule has 3 aliphatic rings. The first-order valence-corrected chi connectivity index (χ1v) is 6.86. The van der Waals surface area contributed by atoms with E-state index < -0.39 is 0 Å². The number of fused-ring (bicyclic) bond motifs is 2. The predicted octanol–water partition coefficient (Wildman–Crippen LogP) is 0.740. The standard InChI is InChI=1S/C14H16N6/c1-2-4-12-11(3-1)9-13-16-10-17-20(13)14(18-12)19-7-5-15-6-8-19/h1-4,9-10,15H,5-8H2,(H,16,17). The molecule has 6 nitrogen and oxygen atoms in total. The second-order valence-electron chi connectivity index (χ2n) is 4.93. The first kappa shape index (κ1) is 11.5. The first-order valence-electron chi connectivity index (χ1n) is 6.86. The van der Waals surface area contributed by atoms with Crippen LogP contribution in [0, 0.1) is 0 Å². The Hall–Kier alpha value is -2.34. The molecule has 0 radical (unpaired) electrons. The van der Waals surface area contributed by atoms with Gasteiger partial charge in [0.05, 0.1) is 5.69 Å². The molecule has 0 atom stereocenters. The lowest BCUT2D eigenvalue weighted by atomic mass is 10.2. The van der Waals surface area contributed by atoms with E-state index >= 15 is 0 Å². The van der Waals surface area contributed by atoms with E-state index in [-0.39, 0.29) is 0 Å². The molecule has 4 rings (SSSR count). The van der Waals surface area contributed by atoms with Crippen molar-refractivity contribution in [1.29, 1.82) is 0 Å². The third-order valence-electron chi connectivity index (χ3n) is 3.65. The Bertz CT molecular complexity index is 612. The van der Waals surface area contributed by atoms with Gasteiger partial charge in [-0.2, -0.15) is 0 Å². The molecule has 1 saturated heterocycles. The third kappa shape index (κ3) is 1.85. The molecule has 3 aliphatic heterocycles. The fourth-order valence-corrected chi connectivity index (χ4v) is 2.62. The number of hydrazine groups is 1. The highest BCUT2D eigenvalue weighted by molar-refractivity contribution is 5.91. The highest BCUT2D eigenvalue weighted by atomic mass is 15.6. The lowest BCUT2D eigenvalue weighted by molar-refractivity contribution is 0.306. The highest BCUT2D eigenvalue weighted by Gasteiger charge is 2.27. The zero-order chi connectivity index (χ0) is 13.4. The van der Waals surface area contributed by atoms with Crippen LogP contribution in [0.2, 0.25) is 0 Å². The number of rotatable bonds is 0. The summed E-state index contributed by atoms with van der Waals surface area (Å²) in [6.45, 7) is 3.86. The zero-order valence-electron chi connectivity index (χ0n) is 11.1. The molecule has 0 unspecified atom stereocenters. The van der Waals surface area contributed by atoms with Gasteiger partial charge in [-0.05, 0) is 12.1 Å². The minimum Gasteiger partial charge on any atom is -0.338 e. The number of nitrogens with one attached hydrogen (secondary N) is 2. The van der Waals surface area contributed by atoms with E-state index in [0.29, 0.717) is 0 Å². The van der Waals surface area contributed by atoms with Crippen LogP contribution >= 0.6 is 0 Å². The number of guanidine groups is 1. The Kier molecular flexibility index (Phi) is 2.67. The highest BCUT2D eigenvalue weighted by Crippen LogP contribution is 2.28. The van der Waals surface area contributed by atoms with E-state index in [1.54, 1.807) is 6.34 Å². The lowest BCUT2D eigenvalue weighted by Gasteiger charge is -2.33. The van der Waals surface area contributed by atoms with Crippen LogP contribution in [0.15, 0.2) is 40.1 Å². The number of hydrogen-bond donors (Lipinski definition) is 2. The Balaban J connectivity index is 1.80. The molecule has 1 aromatic rings. The summed E-state index contributed by atoms with van der Waals surface area (Å²) in [4.78, 5) is 11.5.